The molecule has 0 N–H and O–H groups in total. The standard InChI is InChI=1S/C133H92N4/c1-130(90-45-16-6-17-46-90)111-63-32-28-58-103(111)105-76-72-97(83-115(105)130)134(121-68-38-70-123-128(121)109-60-30-34-66-119(109)136(123)95-54-24-10-25-55-95)99-75-79-108-117(85-99)131(2,91-47-18-7-19-48-91)114-81-80-102(125(127(108)114)88-42-14-5-15-43-88)89-44-36-53-94(82-89)132(3)113-65-37-62-101(87-40-12-4-13-41-87)126(113)107-78-74-98(84-116(107)132)135(122-69-39-71-124-129(122)110-61-31-35-67-120(110)137(124)96-56-26-11-27-57-96)100-73-77-106-104-59-29-33-64-112(104)133(118(106)86-100,92-49-20-8-21-50-92)93-51-22-9-23-52-93/h4-86H,1-3H3. The number of hydrogen-bond donors (Lipinski definition) is 0. The van der Waals surface area contributed by atoms with Gasteiger partial charge in [-0.1, -0.05) is 388 Å². The summed E-state index contributed by atoms with van der Waals surface area (Å²) in [6.07, 6.45) is 0. The minimum absolute atomic E-state index is 0.452. The third-order valence-corrected chi connectivity index (χ3v) is 31.2. The normalized spacial score (nSPS) is 16.0. The average molecular weight is 1750 g/mol. The van der Waals surface area contributed by atoms with Gasteiger partial charge in [-0.15, -0.1) is 0 Å². The molecule has 0 amide bonds. The van der Waals surface area contributed by atoms with E-state index < -0.39 is 21.7 Å². The molecule has 21 aromatic carbocycles. The number of rotatable bonds is 16. The lowest BCUT2D eigenvalue weighted by atomic mass is 9.67. The summed E-state index contributed by atoms with van der Waals surface area (Å²) >= 11 is 0. The van der Waals surface area contributed by atoms with Crippen LogP contribution in [-0.4, -0.2) is 9.13 Å². The van der Waals surface area contributed by atoms with Gasteiger partial charge in [0.2, 0.25) is 0 Å². The van der Waals surface area contributed by atoms with Crippen LogP contribution in [0.3, 0.4) is 0 Å². The largest absolute Gasteiger partial charge is 0.310 e. The molecule has 0 radical (unpaired) electrons. The van der Waals surface area contributed by atoms with E-state index in [2.05, 4.69) is 543 Å². The number of benzene rings is 21. The summed E-state index contributed by atoms with van der Waals surface area (Å²) in [5.41, 5.74) is 43.9. The first kappa shape index (κ1) is 79.6. The number of aromatic nitrogens is 2. The highest BCUT2D eigenvalue weighted by molar-refractivity contribution is 6.19. The van der Waals surface area contributed by atoms with Crippen molar-refractivity contribution < 1.29 is 0 Å². The molecule has 3 atom stereocenters. The lowest BCUT2D eigenvalue weighted by Gasteiger charge is -2.35. The van der Waals surface area contributed by atoms with E-state index in [1.807, 2.05) is 0 Å². The van der Waals surface area contributed by atoms with Crippen molar-refractivity contribution in [3.8, 4) is 89.3 Å². The van der Waals surface area contributed by atoms with Crippen LogP contribution in [0.25, 0.3) is 133 Å². The van der Waals surface area contributed by atoms with E-state index in [1.54, 1.807) is 0 Å². The summed E-state index contributed by atoms with van der Waals surface area (Å²) in [5, 5.41) is 4.71. The van der Waals surface area contributed by atoms with E-state index >= 15 is 0 Å². The molecule has 23 aromatic rings. The zero-order valence-corrected chi connectivity index (χ0v) is 76.2. The fraction of sp³-hybridized carbons (Fsp3) is 0.0526. The second-order valence-electron chi connectivity index (χ2n) is 37.9. The highest BCUT2D eigenvalue weighted by atomic mass is 15.2. The minimum atomic E-state index is -0.730. The second-order valence-corrected chi connectivity index (χ2v) is 37.9. The summed E-state index contributed by atoms with van der Waals surface area (Å²) in [4.78, 5) is 5.19. The van der Waals surface area contributed by atoms with Gasteiger partial charge in [-0.3, -0.25) is 0 Å². The molecule has 2 aromatic heterocycles. The Labute approximate surface area is 798 Å². The van der Waals surface area contributed by atoms with Gasteiger partial charge in [-0.05, 0) is 286 Å². The third kappa shape index (κ3) is 11.6. The van der Waals surface area contributed by atoms with Crippen molar-refractivity contribution in [1.82, 2.24) is 9.13 Å². The van der Waals surface area contributed by atoms with E-state index in [4.69, 9.17) is 0 Å². The third-order valence-electron chi connectivity index (χ3n) is 31.2. The molecule has 4 nitrogen and oxygen atoms in total. The first-order valence-electron chi connectivity index (χ1n) is 47.9. The van der Waals surface area contributed by atoms with Crippen LogP contribution in [-0.2, 0) is 21.7 Å². The van der Waals surface area contributed by atoms with Gasteiger partial charge < -0.3 is 18.9 Å². The van der Waals surface area contributed by atoms with Gasteiger partial charge in [0.05, 0.1) is 38.9 Å². The van der Waals surface area contributed by atoms with E-state index in [1.165, 1.54) is 155 Å². The Bertz CT molecular complexity index is 8760. The van der Waals surface area contributed by atoms with Crippen molar-refractivity contribution in [2.24, 2.45) is 0 Å². The monoisotopic (exact) mass is 1740 g/mol. The van der Waals surface area contributed by atoms with Crippen LogP contribution in [0.15, 0.2) is 504 Å². The SMILES string of the molecule is CC1(c2ccccc2)c2ccccc2-c2ccc(N(c3ccc4c(c3)C(C)(c3ccccc3)c3ccc(-c5cccc(C6(C)c7cc(N(c8ccc9c(c8)C(c8ccccc8)(c8ccccc8)c8ccccc8-9)c8cccc9c8c8ccccc8n9-c8ccccc8)ccc7-c7c(-c8ccccc8)cccc76)c5)c(-c5ccccc5)c3-4)c3cccc4c3c3ccccc3n4-c3ccccc3)cc21. The molecular formula is C133H92N4. The van der Waals surface area contributed by atoms with Gasteiger partial charge >= 0.3 is 0 Å². The molecular weight excluding hydrogens is 1650 g/mol. The fourth-order valence-electron chi connectivity index (χ4n) is 25.1. The van der Waals surface area contributed by atoms with E-state index in [0.29, 0.717) is 0 Å². The fourth-order valence-corrected chi connectivity index (χ4v) is 25.1. The van der Waals surface area contributed by atoms with Gasteiger partial charge in [0.1, 0.15) is 0 Å². The van der Waals surface area contributed by atoms with Gasteiger partial charge in [-0.25, -0.2) is 0 Å². The molecule has 27 rings (SSSR count). The smallest absolute Gasteiger partial charge is 0.0714 e. The first-order valence-corrected chi connectivity index (χ1v) is 47.9. The molecule has 4 aliphatic carbocycles. The van der Waals surface area contributed by atoms with Crippen LogP contribution in [0, 0.1) is 0 Å². The molecule has 0 spiro atoms. The van der Waals surface area contributed by atoms with Gasteiger partial charge in [0, 0.05) is 71.9 Å². The summed E-state index contributed by atoms with van der Waals surface area (Å²) in [6.45, 7) is 7.45. The van der Waals surface area contributed by atoms with Crippen LogP contribution in [0.2, 0.25) is 0 Å². The number of nitrogens with zero attached hydrogens (tertiary/aromatic N) is 4. The molecule has 0 saturated carbocycles. The number of fused-ring (bicyclic) bond motifs is 18. The van der Waals surface area contributed by atoms with Crippen LogP contribution in [0.4, 0.5) is 34.1 Å². The lowest BCUT2D eigenvalue weighted by molar-refractivity contribution is 0.713. The zero-order valence-electron chi connectivity index (χ0n) is 76.2. The molecule has 0 saturated heterocycles. The van der Waals surface area contributed by atoms with Crippen molar-refractivity contribution in [3.63, 3.8) is 0 Å². The Balaban J connectivity index is 0.674. The molecule has 4 heteroatoms. The van der Waals surface area contributed by atoms with Crippen molar-refractivity contribution in [2.75, 3.05) is 9.80 Å². The van der Waals surface area contributed by atoms with Gasteiger partial charge in [-0.2, -0.15) is 0 Å². The van der Waals surface area contributed by atoms with Crippen LogP contribution < -0.4 is 9.80 Å². The van der Waals surface area contributed by atoms with Gasteiger partial charge in [0.25, 0.3) is 0 Å². The van der Waals surface area contributed by atoms with Crippen molar-refractivity contribution in [1.29, 1.82) is 0 Å². The average Bonchev–Trinajstić information content (AvgIpc) is 1.55. The highest BCUT2D eigenvalue weighted by Crippen LogP contribution is 2.64. The quantitative estimate of drug-likeness (QED) is 0.0959. The Morgan fingerprint density at radius 2 is 0.504 bits per heavy atom. The Hall–Kier alpha value is -17.2. The van der Waals surface area contributed by atoms with E-state index in [9.17, 15) is 0 Å². The Kier molecular flexibility index (Phi) is 18.0. The van der Waals surface area contributed by atoms with Crippen molar-refractivity contribution >= 4 is 77.7 Å². The van der Waals surface area contributed by atoms with Crippen molar-refractivity contribution in [2.45, 2.75) is 42.4 Å². The molecule has 644 valence electrons. The molecule has 4 aliphatic rings. The maximum Gasteiger partial charge on any atom is 0.0714 e. The van der Waals surface area contributed by atoms with Crippen LogP contribution in [0.1, 0.15) is 93.1 Å². The molecule has 3 unspecified atom stereocenters. The summed E-state index contributed by atoms with van der Waals surface area (Å²) in [7, 11) is 0. The maximum absolute atomic E-state index is 2.60. The van der Waals surface area contributed by atoms with Gasteiger partial charge in [0.15, 0.2) is 0 Å². The molecule has 2 heterocycles. The number of hydrogen-bond acceptors (Lipinski definition) is 2. The minimum Gasteiger partial charge on any atom is -0.310 e. The summed E-state index contributed by atoms with van der Waals surface area (Å²) < 4.78 is 4.91. The molecule has 0 aliphatic heterocycles. The zero-order chi connectivity index (χ0) is 90.8. The predicted molar refractivity (Wildman–Crippen MR) is 570 cm³/mol. The number of para-hydroxylation sites is 4. The first-order chi connectivity index (χ1) is 67.6. The van der Waals surface area contributed by atoms with E-state index in [0.717, 1.165) is 84.3 Å². The highest BCUT2D eigenvalue weighted by Gasteiger charge is 2.50. The predicted octanol–water partition coefficient (Wildman–Crippen LogP) is 34.2. The summed E-state index contributed by atoms with van der Waals surface area (Å²) in [6, 6.07) is 190. The van der Waals surface area contributed by atoms with Crippen LogP contribution >= 0.6 is 0 Å². The van der Waals surface area contributed by atoms with Crippen molar-refractivity contribution in [3.05, 3.63) is 576 Å². The Morgan fingerprint density at radius 1 is 0.182 bits per heavy atom. The van der Waals surface area contributed by atoms with Crippen LogP contribution in [0.5, 0.6) is 0 Å². The second kappa shape index (κ2) is 31.0. The summed E-state index contributed by atoms with van der Waals surface area (Å²) in [5.74, 6) is 0. The molecule has 137 heavy (non-hydrogen) atoms. The Morgan fingerprint density at radius 3 is 1.03 bits per heavy atom. The molecule has 0 fully saturated rings. The number of anilines is 6. The van der Waals surface area contributed by atoms with E-state index in [-0.39, 0.29) is 0 Å². The maximum atomic E-state index is 2.60. The topological polar surface area (TPSA) is 16.3 Å². The lowest BCUT2D eigenvalue weighted by Crippen LogP contribution is -2.28. The molecule has 0 bridgehead atoms.